The Balaban J connectivity index is 1.88. The molecule has 2 aromatic carbocycles. The highest BCUT2D eigenvalue weighted by Crippen LogP contribution is 2.22. The normalized spacial score (nSPS) is 10.8. The van der Waals surface area contributed by atoms with Crippen LogP contribution >= 0.6 is 0 Å². The number of nitrogens with zero attached hydrogens (tertiary/aromatic N) is 2. The van der Waals surface area contributed by atoms with E-state index < -0.39 is 11.6 Å². The number of rotatable bonds is 3. The number of phenolic OH excluding ortho intramolecular Hbond substituents is 1. The molecule has 3 rings (SSSR count). The lowest BCUT2D eigenvalue weighted by Gasteiger charge is -1.99. The van der Waals surface area contributed by atoms with Gasteiger partial charge in [-0.1, -0.05) is 23.4 Å². The molecule has 0 aliphatic carbocycles. The van der Waals surface area contributed by atoms with Crippen LogP contribution in [0.15, 0.2) is 47.0 Å². The molecule has 106 valence electrons. The minimum atomic E-state index is -0.711. The topological polar surface area (TPSA) is 59.2 Å². The number of hydrogen-bond donors (Lipinski definition) is 1. The molecule has 0 fully saturated rings. The third-order valence-electron chi connectivity index (χ3n) is 2.92. The summed E-state index contributed by atoms with van der Waals surface area (Å²) in [5.41, 5.74) is 0.818. The van der Waals surface area contributed by atoms with E-state index in [0.29, 0.717) is 5.56 Å². The van der Waals surface area contributed by atoms with Gasteiger partial charge in [-0.25, -0.2) is 8.78 Å². The minimum absolute atomic E-state index is 0.0961. The minimum Gasteiger partial charge on any atom is -0.508 e. The SMILES string of the molecule is Oc1ccccc1Cc1nc(-c2cc(F)cc(F)c2)no1. The van der Waals surface area contributed by atoms with E-state index in [1.807, 2.05) is 0 Å². The third-order valence-corrected chi connectivity index (χ3v) is 2.92. The van der Waals surface area contributed by atoms with E-state index in [-0.39, 0.29) is 29.4 Å². The van der Waals surface area contributed by atoms with E-state index in [4.69, 9.17) is 4.52 Å². The van der Waals surface area contributed by atoms with Crippen molar-refractivity contribution in [1.82, 2.24) is 10.1 Å². The summed E-state index contributed by atoms with van der Waals surface area (Å²) < 4.78 is 31.4. The monoisotopic (exact) mass is 288 g/mol. The van der Waals surface area contributed by atoms with Crippen LogP contribution in [0.25, 0.3) is 11.4 Å². The number of phenols is 1. The van der Waals surface area contributed by atoms with Crippen molar-refractivity contribution in [3.63, 3.8) is 0 Å². The largest absolute Gasteiger partial charge is 0.508 e. The van der Waals surface area contributed by atoms with Gasteiger partial charge in [-0.15, -0.1) is 0 Å². The van der Waals surface area contributed by atoms with Crippen molar-refractivity contribution in [2.24, 2.45) is 0 Å². The summed E-state index contributed by atoms with van der Waals surface area (Å²) in [4.78, 5) is 4.08. The molecular weight excluding hydrogens is 278 g/mol. The van der Waals surface area contributed by atoms with Crippen molar-refractivity contribution in [3.8, 4) is 17.1 Å². The van der Waals surface area contributed by atoms with Gasteiger partial charge in [-0.2, -0.15) is 4.98 Å². The van der Waals surface area contributed by atoms with Crippen LogP contribution in [0, 0.1) is 11.6 Å². The highest BCUT2D eigenvalue weighted by atomic mass is 19.1. The average Bonchev–Trinajstić information content (AvgIpc) is 2.89. The first-order chi connectivity index (χ1) is 10.1. The molecular formula is C15H10F2N2O2. The molecule has 0 spiro atoms. The number of para-hydroxylation sites is 1. The Morgan fingerprint density at radius 1 is 1.05 bits per heavy atom. The number of benzene rings is 2. The molecule has 0 aliphatic heterocycles. The van der Waals surface area contributed by atoms with E-state index in [1.165, 1.54) is 0 Å². The summed E-state index contributed by atoms with van der Waals surface area (Å²) in [6.45, 7) is 0. The first kappa shape index (κ1) is 13.2. The predicted molar refractivity (Wildman–Crippen MR) is 70.6 cm³/mol. The summed E-state index contributed by atoms with van der Waals surface area (Å²) in [7, 11) is 0. The maximum Gasteiger partial charge on any atom is 0.231 e. The van der Waals surface area contributed by atoms with Crippen LogP contribution in [0.5, 0.6) is 5.75 Å². The van der Waals surface area contributed by atoms with Gasteiger partial charge in [0.25, 0.3) is 0 Å². The van der Waals surface area contributed by atoms with Gasteiger partial charge in [-0.3, -0.25) is 0 Å². The molecule has 6 heteroatoms. The fourth-order valence-electron chi connectivity index (χ4n) is 1.95. The Hall–Kier alpha value is -2.76. The van der Waals surface area contributed by atoms with Gasteiger partial charge < -0.3 is 9.63 Å². The smallest absolute Gasteiger partial charge is 0.231 e. The summed E-state index contributed by atoms with van der Waals surface area (Å²) in [5.74, 6) is -0.960. The maximum absolute atomic E-state index is 13.2. The van der Waals surface area contributed by atoms with E-state index in [2.05, 4.69) is 10.1 Å². The molecule has 1 heterocycles. The highest BCUT2D eigenvalue weighted by molar-refractivity contribution is 5.54. The van der Waals surface area contributed by atoms with E-state index in [0.717, 1.165) is 18.2 Å². The van der Waals surface area contributed by atoms with Crippen molar-refractivity contribution < 1.29 is 18.4 Å². The van der Waals surface area contributed by atoms with E-state index >= 15 is 0 Å². The molecule has 0 radical (unpaired) electrons. The maximum atomic E-state index is 13.2. The van der Waals surface area contributed by atoms with Gasteiger partial charge in [0.15, 0.2) is 0 Å². The Labute approximate surface area is 118 Å². The van der Waals surface area contributed by atoms with Crippen molar-refractivity contribution in [2.75, 3.05) is 0 Å². The zero-order chi connectivity index (χ0) is 14.8. The molecule has 0 saturated heterocycles. The Bertz CT molecular complexity index is 767. The van der Waals surface area contributed by atoms with Crippen molar-refractivity contribution in [2.45, 2.75) is 6.42 Å². The van der Waals surface area contributed by atoms with Crippen LogP contribution in [0.1, 0.15) is 11.5 Å². The van der Waals surface area contributed by atoms with Gasteiger partial charge in [0.1, 0.15) is 17.4 Å². The average molecular weight is 288 g/mol. The molecule has 0 unspecified atom stereocenters. The van der Waals surface area contributed by atoms with Crippen LogP contribution in [0.4, 0.5) is 8.78 Å². The first-order valence-electron chi connectivity index (χ1n) is 6.18. The molecule has 4 nitrogen and oxygen atoms in total. The van der Waals surface area contributed by atoms with Gasteiger partial charge in [0, 0.05) is 17.2 Å². The predicted octanol–water partition coefficient (Wildman–Crippen LogP) is 3.31. The zero-order valence-corrected chi connectivity index (χ0v) is 10.8. The zero-order valence-electron chi connectivity index (χ0n) is 10.8. The summed E-state index contributed by atoms with van der Waals surface area (Å²) in [6.07, 6.45) is 0.234. The third kappa shape index (κ3) is 2.89. The molecule has 0 bridgehead atoms. The van der Waals surface area contributed by atoms with E-state index in [9.17, 15) is 13.9 Å². The van der Waals surface area contributed by atoms with Gasteiger partial charge >= 0.3 is 0 Å². The molecule has 1 aromatic heterocycles. The molecule has 0 atom stereocenters. The lowest BCUT2D eigenvalue weighted by atomic mass is 10.1. The number of aromatic hydroxyl groups is 1. The van der Waals surface area contributed by atoms with Crippen LogP contribution in [0.3, 0.4) is 0 Å². The van der Waals surface area contributed by atoms with Gasteiger partial charge in [0.2, 0.25) is 11.7 Å². The Morgan fingerprint density at radius 3 is 2.48 bits per heavy atom. The van der Waals surface area contributed by atoms with E-state index in [1.54, 1.807) is 24.3 Å². The second-order valence-corrected chi connectivity index (χ2v) is 4.48. The van der Waals surface area contributed by atoms with Crippen LogP contribution in [-0.2, 0) is 6.42 Å². The second-order valence-electron chi connectivity index (χ2n) is 4.48. The fourth-order valence-corrected chi connectivity index (χ4v) is 1.95. The summed E-state index contributed by atoms with van der Waals surface area (Å²) >= 11 is 0. The molecule has 0 saturated carbocycles. The first-order valence-corrected chi connectivity index (χ1v) is 6.18. The van der Waals surface area contributed by atoms with Crippen LogP contribution in [-0.4, -0.2) is 15.2 Å². The van der Waals surface area contributed by atoms with Crippen LogP contribution < -0.4 is 0 Å². The molecule has 0 amide bonds. The highest BCUT2D eigenvalue weighted by Gasteiger charge is 2.12. The fraction of sp³-hybridized carbons (Fsp3) is 0.0667. The molecule has 3 aromatic rings. The van der Waals surface area contributed by atoms with Gasteiger partial charge in [-0.05, 0) is 18.2 Å². The molecule has 21 heavy (non-hydrogen) atoms. The van der Waals surface area contributed by atoms with Crippen molar-refractivity contribution in [1.29, 1.82) is 0 Å². The molecule has 0 aliphatic rings. The quantitative estimate of drug-likeness (QED) is 0.803. The summed E-state index contributed by atoms with van der Waals surface area (Å²) in [6, 6.07) is 9.76. The Kier molecular flexibility index (Phi) is 3.35. The van der Waals surface area contributed by atoms with Gasteiger partial charge in [0.05, 0.1) is 6.42 Å². The Morgan fingerprint density at radius 2 is 1.76 bits per heavy atom. The lowest BCUT2D eigenvalue weighted by Crippen LogP contribution is -1.90. The number of halogens is 2. The molecule has 1 N–H and O–H groups in total. The number of aromatic nitrogens is 2. The number of hydrogen-bond acceptors (Lipinski definition) is 4. The van der Waals surface area contributed by atoms with Crippen molar-refractivity contribution >= 4 is 0 Å². The summed E-state index contributed by atoms with van der Waals surface area (Å²) in [5, 5.41) is 13.4. The van der Waals surface area contributed by atoms with Crippen LogP contribution in [0.2, 0.25) is 0 Å². The standard InChI is InChI=1S/C15H10F2N2O2/c16-11-5-10(6-12(17)8-11)15-18-14(21-19-15)7-9-3-1-2-4-13(9)20/h1-6,8,20H,7H2. The second kappa shape index (κ2) is 5.32. The van der Waals surface area contributed by atoms with Crippen molar-refractivity contribution in [3.05, 3.63) is 65.6 Å². The lowest BCUT2D eigenvalue weighted by molar-refractivity contribution is 0.383.